The van der Waals surface area contributed by atoms with Gasteiger partial charge in [0.05, 0.1) is 17.8 Å². The van der Waals surface area contributed by atoms with Gasteiger partial charge in [-0.05, 0) is 80.1 Å². The van der Waals surface area contributed by atoms with Crippen molar-refractivity contribution < 1.29 is 18.0 Å². The van der Waals surface area contributed by atoms with Crippen molar-refractivity contribution >= 4 is 38.7 Å². The minimum atomic E-state index is -3.13. The van der Waals surface area contributed by atoms with Crippen LogP contribution in [0, 0.1) is 0 Å². The second kappa shape index (κ2) is 10.5. The molecule has 3 aromatic carbocycles. The minimum absolute atomic E-state index is 0.0174. The fraction of sp³-hybridized carbons (Fsp3) is 0.412. The van der Waals surface area contributed by atoms with Gasteiger partial charge in [-0.1, -0.05) is 48.5 Å². The van der Waals surface area contributed by atoms with E-state index in [9.17, 15) is 18.0 Å². The molecule has 0 unspecified atom stereocenters. The monoisotopic (exact) mass is 598 g/mol. The first kappa shape index (κ1) is 28.1. The Kier molecular flexibility index (Phi) is 6.85. The number of rotatable bonds is 8. The number of carbonyl (C=O) groups is 2. The normalized spacial score (nSPS) is 20.8. The molecule has 7 rings (SSSR count). The van der Waals surface area contributed by atoms with Gasteiger partial charge in [0.2, 0.25) is 5.91 Å². The van der Waals surface area contributed by atoms with E-state index in [1.807, 2.05) is 52.3 Å². The zero-order valence-corrected chi connectivity index (χ0v) is 25.4. The zero-order chi connectivity index (χ0) is 29.8. The number of piperidine rings is 1. The molecule has 0 atom stereocenters. The quantitative estimate of drug-likeness (QED) is 0.384. The number of amides is 2. The molecule has 3 aromatic rings. The summed E-state index contributed by atoms with van der Waals surface area (Å²) in [5.74, 6) is 0.350. The number of hydrogen-bond donors (Lipinski definition) is 0. The number of nitrogens with zero attached hydrogens (tertiary/aromatic N) is 4. The number of sulfone groups is 1. The van der Waals surface area contributed by atoms with Crippen molar-refractivity contribution in [1.29, 1.82) is 0 Å². The topological polar surface area (TPSA) is 81.2 Å². The molecule has 3 heterocycles. The SMILES string of the molecule is CS(=O)(=O)Cc1ccc(N2CN(c3ccccc3)C3(CCN(CCCN4C(=O)C5(CC5)c5ccccc54)CC3)C2=O)cc1. The first-order valence-corrected chi connectivity index (χ1v) is 17.3. The van der Waals surface area contributed by atoms with Gasteiger partial charge < -0.3 is 14.7 Å². The van der Waals surface area contributed by atoms with Crippen molar-refractivity contribution in [3.8, 4) is 0 Å². The van der Waals surface area contributed by atoms with Crippen LogP contribution in [-0.4, -0.2) is 69.8 Å². The van der Waals surface area contributed by atoms with Crippen molar-refractivity contribution in [2.24, 2.45) is 0 Å². The van der Waals surface area contributed by atoms with E-state index in [4.69, 9.17) is 0 Å². The average Bonchev–Trinajstić information content (AvgIpc) is 3.72. The Hall–Kier alpha value is -3.69. The summed E-state index contributed by atoms with van der Waals surface area (Å²) < 4.78 is 23.5. The Labute approximate surface area is 253 Å². The Morgan fingerprint density at radius 3 is 2.09 bits per heavy atom. The summed E-state index contributed by atoms with van der Waals surface area (Å²) in [7, 11) is -3.13. The molecule has 3 fully saturated rings. The molecule has 9 heteroatoms. The Morgan fingerprint density at radius 2 is 1.42 bits per heavy atom. The number of hydrogen-bond acceptors (Lipinski definition) is 6. The second-order valence-electron chi connectivity index (χ2n) is 12.7. The predicted molar refractivity (Wildman–Crippen MR) is 169 cm³/mol. The van der Waals surface area contributed by atoms with E-state index in [-0.39, 0.29) is 23.0 Å². The van der Waals surface area contributed by atoms with E-state index in [2.05, 4.69) is 34.1 Å². The van der Waals surface area contributed by atoms with E-state index in [1.165, 1.54) is 11.8 Å². The number of anilines is 3. The highest BCUT2D eigenvalue weighted by Gasteiger charge is 2.59. The summed E-state index contributed by atoms with van der Waals surface area (Å²) in [6.45, 7) is 3.68. The maximum absolute atomic E-state index is 14.2. The Morgan fingerprint density at radius 1 is 0.744 bits per heavy atom. The standard InChI is InChI=1S/C34H38N4O4S/c1-43(41,42)24-26-12-14-27(15-13-26)37-25-38(28-8-3-2-4-9-28)34(32(37)40)18-22-35(23-19-34)20-7-21-36-30-11-6-5-10-29(30)33(16-17-33)31(36)39/h2-6,8-15H,7,16-25H2,1H3. The molecule has 4 aliphatic rings. The van der Waals surface area contributed by atoms with Crippen LogP contribution in [0.4, 0.5) is 17.1 Å². The van der Waals surface area contributed by atoms with Gasteiger partial charge in [-0.3, -0.25) is 14.5 Å². The van der Waals surface area contributed by atoms with Gasteiger partial charge in [0.1, 0.15) is 5.54 Å². The third-order valence-electron chi connectivity index (χ3n) is 9.84. The molecule has 8 nitrogen and oxygen atoms in total. The summed E-state index contributed by atoms with van der Waals surface area (Å²) in [4.78, 5) is 36.0. The molecule has 0 radical (unpaired) electrons. The van der Waals surface area contributed by atoms with Crippen molar-refractivity contribution in [2.75, 3.05) is 53.8 Å². The third-order valence-corrected chi connectivity index (χ3v) is 10.7. The minimum Gasteiger partial charge on any atom is -0.338 e. The lowest BCUT2D eigenvalue weighted by molar-refractivity contribution is -0.123. The Balaban J connectivity index is 1.04. The lowest BCUT2D eigenvalue weighted by atomic mass is 9.85. The zero-order valence-electron chi connectivity index (χ0n) is 24.6. The predicted octanol–water partition coefficient (Wildman–Crippen LogP) is 4.35. The highest BCUT2D eigenvalue weighted by molar-refractivity contribution is 7.89. The number of para-hydroxylation sites is 2. The molecule has 2 spiro atoms. The number of benzene rings is 3. The summed E-state index contributed by atoms with van der Waals surface area (Å²) in [5.41, 5.74) is 3.93. The van der Waals surface area contributed by atoms with E-state index in [0.717, 1.165) is 75.3 Å². The lowest BCUT2D eigenvalue weighted by Gasteiger charge is -2.43. The highest BCUT2D eigenvalue weighted by Crippen LogP contribution is 2.57. The van der Waals surface area contributed by atoms with Crippen LogP contribution in [0.1, 0.15) is 43.2 Å². The first-order chi connectivity index (χ1) is 20.7. The molecule has 3 aliphatic heterocycles. The van der Waals surface area contributed by atoms with E-state index in [0.29, 0.717) is 12.2 Å². The lowest BCUT2D eigenvalue weighted by Crippen LogP contribution is -2.56. The Bertz CT molecular complexity index is 1650. The maximum atomic E-state index is 14.2. The van der Waals surface area contributed by atoms with Crippen molar-refractivity contribution in [2.45, 2.75) is 48.8 Å². The largest absolute Gasteiger partial charge is 0.338 e. The number of fused-ring (bicyclic) bond motifs is 2. The molecular weight excluding hydrogens is 560 g/mol. The highest BCUT2D eigenvalue weighted by atomic mass is 32.2. The molecule has 1 saturated carbocycles. The van der Waals surface area contributed by atoms with Gasteiger partial charge in [0.25, 0.3) is 5.91 Å². The molecule has 43 heavy (non-hydrogen) atoms. The van der Waals surface area contributed by atoms with Crippen molar-refractivity contribution in [3.05, 3.63) is 90.0 Å². The number of carbonyl (C=O) groups excluding carboxylic acids is 2. The fourth-order valence-electron chi connectivity index (χ4n) is 7.43. The van der Waals surface area contributed by atoms with Crippen LogP contribution in [0.5, 0.6) is 0 Å². The van der Waals surface area contributed by atoms with Gasteiger partial charge in [-0.15, -0.1) is 0 Å². The first-order valence-electron chi connectivity index (χ1n) is 15.3. The van der Waals surface area contributed by atoms with Crippen LogP contribution in [-0.2, 0) is 30.6 Å². The van der Waals surface area contributed by atoms with Gasteiger partial charge in [0.15, 0.2) is 9.84 Å². The summed E-state index contributed by atoms with van der Waals surface area (Å²) >= 11 is 0. The average molecular weight is 599 g/mol. The summed E-state index contributed by atoms with van der Waals surface area (Å²) in [6.07, 6.45) is 5.48. The van der Waals surface area contributed by atoms with Crippen molar-refractivity contribution in [1.82, 2.24) is 4.90 Å². The summed E-state index contributed by atoms with van der Waals surface area (Å²) in [6, 6.07) is 25.7. The molecule has 0 N–H and O–H groups in total. The van der Waals surface area contributed by atoms with E-state index >= 15 is 0 Å². The van der Waals surface area contributed by atoms with Gasteiger partial charge in [-0.2, -0.15) is 0 Å². The van der Waals surface area contributed by atoms with Crippen LogP contribution in [0.25, 0.3) is 0 Å². The molecule has 0 bridgehead atoms. The van der Waals surface area contributed by atoms with Crippen LogP contribution in [0.2, 0.25) is 0 Å². The second-order valence-corrected chi connectivity index (χ2v) is 14.8. The number of likely N-dealkylation sites (tertiary alicyclic amines) is 1. The molecule has 2 amide bonds. The molecular formula is C34H38N4O4S. The smallest absolute Gasteiger partial charge is 0.254 e. The van der Waals surface area contributed by atoms with Crippen LogP contribution in [0.15, 0.2) is 78.9 Å². The maximum Gasteiger partial charge on any atom is 0.254 e. The molecule has 224 valence electrons. The molecule has 2 saturated heterocycles. The van der Waals surface area contributed by atoms with E-state index in [1.54, 1.807) is 12.1 Å². The molecule has 0 aromatic heterocycles. The summed E-state index contributed by atoms with van der Waals surface area (Å²) in [5, 5.41) is 0. The van der Waals surface area contributed by atoms with E-state index < -0.39 is 15.4 Å². The third kappa shape index (κ3) is 4.92. The fourth-order valence-corrected chi connectivity index (χ4v) is 8.23. The van der Waals surface area contributed by atoms with Gasteiger partial charge >= 0.3 is 0 Å². The van der Waals surface area contributed by atoms with Crippen LogP contribution < -0.4 is 14.7 Å². The van der Waals surface area contributed by atoms with Gasteiger partial charge in [0, 0.05) is 43.0 Å². The van der Waals surface area contributed by atoms with Crippen LogP contribution in [0.3, 0.4) is 0 Å². The van der Waals surface area contributed by atoms with Crippen molar-refractivity contribution in [3.63, 3.8) is 0 Å². The van der Waals surface area contributed by atoms with Gasteiger partial charge in [-0.25, -0.2) is 8.42 Å². The van der Waals surface area contributed by atoms with Crippen LogP contribution >= 0.6 is 0 Å². The molecule has 1 aliphatic carbocycles.